The Morgan fingerprint density at radius 1 is 1.62 bits per heavy atom. The third-order valence-corrected chi connectivity index (χ3v) is 2.58. The van der Waals surface area contributed by atoms with Crippen LogP contribution in [0.1, 0.15) is 0 Å². The first-order valence-electron chi connectivity index (χ1n) is 1.98. The molecule has 1 aromatic heterocycles. The van der Waals surface area contributed by atoms with Gasteiger partial charge in [-0.3, -0.25) is 4.99 Å². The lowest BCUT2D eigenvalue weighted by atomic mass is 11.2. The lowest BCUT2D eigenvalue weighted by Gasteiger charge is -1.67. The molecule has 1 rings (SSSR count). The maximum Gasteiger partial charge on any atom is 0.216 e. The van der Waals surface area contributed by atoms with Gasteiger partial charge in [-0.1, -0.05) is 0 Å². The molecule has 1 heterocycles. The molecule has 0 aromatic carbocycles. The third-order valence-electron chi connectivity index (χ3n) is 0.599. The van der Waals surface area contributed by atoms with Crippen LogP contribution < -0.4 is 10.5 Å². The van der Waals surface area contributed by atoms with E-state index in [1.807, 2.05) is 0 Å². The summed E-state index contributed by atoms with van der Waals surface area (Å²) >= 11 is 0. The van der Waals surface area contributed by atoms with Crippen LogP contribution in [0, 0.1) is 0 Å². The Morgan fingerprint density at radius 3 is 2.62 bits per heavy atom. The first kappa shape index (κ1) is 5.71. The molecule has 0 aliphatic carbocycles. The summed E-state index contributed by atoms with van der Waals surface area (Å²) in [6.07, 6.45) is 0. The van der Waals surface area contributed by atoms with E-state index in [0.29, 0.717) is 5.13 Å². The van der Waals surface area contributed by atoms with E-state index in [1.165, 1.54) is 20.7 Å². The number of nitrogens with two attached hydrogens (primary N) is 1. The van der Waals surface area contributed by atoms with E-state index in [2.05, 4.69) is 9.98 Å². The molecule has 5 heteroatoms. The van der Waals surface area contributed by atoms with Gasteiger partial charge in [-0.05, 0) is 20.7 Å². The Kier molecular flexibility index (Phi) is 1.59. The van der Waals surface area contributed by atoms with Crippen LogP contribution in [0.3, 0.4) is 0 Å². The highest BCUT2D eigenvalue weighted by molar-refractivity contribution is 7.69. The van der Waals surface area contributed by atoms with Crippen LogP contribution in [0.5, 0.6) is 0 Å². The highest BCUT2D eigenvalue weighted by Gasteiger charge is 1.86. The Labute approximate surface area is 53.9 Å². The van der Waals surface area contributed by atoms with Crippen molar-refractivity contribution in [2.75, 3.05) is 12.8 Å². The molecule has 3 nitrogen and oxygen atoms in total. The highest BCUT2D eigenvalue weighted by Crippen LogP contribution is 2.06. The maximum absolute atomic E-state index is 5.31. The molecule has 0 saturated heterocycles. The van der Waals surface area contributed by atoms with Crippen molar-refractivity contribution in [2.45, 2.75) is 0 Å². The van der Waals surface area contributed by atoms with E-state index in [0.717, 1.165) is 4.80 Å². The van der Waals surface area contributed by atoms with Gasteiger partial charge in [0.15, 0.2) is 5.13 Å². The van der Waals surface area contributed by atoms with E-state index >= 15 is 0 Å². The first-order chi connectivity index (χ1) is 3.83. The summed E-state index contributed by atoms with van der Waals surface area (Å²) in [4.78, 5) is 8.46. The van der Waals surface area contributed by atoms with Gasteiger partial charge < -0.3 is 5.73 Å². The van der Waals surface area contributed by atoms with Crippen LogP contribution in [-0.2, 0) is 0 Å². The molecule has 0 amide bonds. The fraction of sp³-hybridized carbons (Fsp3) is 0.333. The number of anilines is 1. The summed E-state index contributed by atoms with van der Waals surface area (Å²) < 4.78 is 0. The van der Waals surface area contributed by atoms with Crippen molar-refractivity contribution in [3.8, 4) is 0 Å². The van der Waals surface area contributed by atoms with Gasteiger partial charge in [-0.15, -0.1) is 0 Å². The topological polar surface area (TPSA) is 51.3 Å². The fourth-order valence-electron chi connectivity index (χ4n) is 0.299. The van der Waals surface area contributed by atoms with Gasteiger partial charge in [-0.25, -0.2) is 0 Å². The SMILES string of the molecule is CN=c1nc(N)ss1. The molecular weight excluding hydrogens is 142 g/mol. The monoisotopic (exact) mass is 147 g/mol. The van der Waals surface area contributed by atoms with Crippen LogP contribution >= 0.6 is 20.7 Å². The second kappa shape index (κ2) is 2.23. The number of hydrogen-bond acceptors (Lipinski definition) is 5. The second-order valence-corrected chi connectivity index (χ2v) is 3.24. The second-order valence-electron chi connectivity index (χ2n) is 1.12. The minimum atomic E-state index is 0.593. The van der Waals surface area contributed by atoms with Crippen molar-refractivity contribution in [3.63, 3.8) is 0 Å². The zero-order valence-electron chi connectivity index (χ0n) is 4.29. The van der Waals surface area contributed by atoms with E-state index in [-0.39, 0.29) is 0 Å². The van der Waals surface area contributed by atoms with Crippen molar-refractivity contribution in [2.24, 2.45) is 4.99 Å². The minimum Gasteiger partial charge on any atom is -0.374 e. The van der Waals surface area contributed by atoms with Crippen LogP contribution in [0.2, 0.25) is 0 Å². The molecule has 0 unspecified atom stereocenters. The molecule has 0 saturated carbocycles. The van der Waals surface area contributed by atoms with Crippen molar-refractivity contribution in [3.05, 3.63) is 4.80 Å². The molecule has 0 bridgehead atoms. The molecule has 2 N–H and O–H groups in total. The van der Waals surface area contributed by atoms with Gasteiger partial charge in [0.25, 0.3) is 0 Å². The van der Waals surface area contributed by atoms with Crippen LogP contribution in [-0.4, -0.2) is 12.0 Å². The van der Waals surface area contributed by atoms with Gasteiger partial charge >= 0.3 is 0 Å². The van der Waals surface area contributed by atoms with Gasteiger partial charge in [-0.2, -0.15) is 4.98 Å². The smallest absolute Gasteiger partial charge is 0.216 e. The van der Waals surface area contributed by atoms with Crippen molar-refractivity contribution in [1.82, 2.24) is 4.98 Å². The predicted octanol–water partition coefficient (Wildman–Crippen LogP) is 0.317. The maximum atomic E-state index is 5.31. The van der Waals surface area contributed by atoms with Gasteiger partial charge in [0, 0.05) is 7.05 Å². The average Bonchev–Trinajstić information content (AvgIpc) is 2.14. The van der Waals surface area contributed by atoms with Crippen molar-refractivity contribution in [1.29, 1.82) is 0 Å². The van der Waals surface area contributed by atoms with Crippen LogP contribution in [0.4, 0.5) is 5.13 Å². The largest absolute Gasteiger partial charge is 0.374 e. The number of aromatic nitrogens is 1. The minimum absolute atomic E-state index is 0.593. The Bertz CT molecular complexity index is 222. The summed E-state index contributed by atoms with van der Waals surface area (Å²) in [5.41, 5.74) is 5.31. The van der Waals surface area contributed by atoms with Crippen molar-refractivity contribution >= 4 is 25.8 Å². The van der Waals surface area contributed by atoms with Crippen LogP contribution in [0.25, 0.3) is 0 Å². The standard InChI is InChI=1S/C3H5N3S2/c1-5-3-6-2(4)7-8-3/h1H3,(H2,4,5,6). The van der Waals surface area contributed by atoms with Gasteiger partial charge in [0.05, 0.1) is 0 Å². The number of nitrogen functional groups attached to an aromatic ring is 1. The zero-order valence-corrected chi connectivity index (χ0v) is 5.92. The Hall–Kier alpha value is -0.420. The molecule has 8 heavy (non-hydrogen) atoms. The molecule has 0 fully saturated rings. The molecule has 0 spiro atoms. The molecule has 1 aromatic rings. The Morgan fingerprint density at radius 2 is 2.38 bits per heavy atom. The number of hydrogen-bond donors (Lipinski definition) is 1. The molecule has 44 valence electrons. The molecule has 0 radical (unpaired) electrons. The van der Waals surface area contributed by atoms with E-state index in [1.54, 1.807) is 7.05 Å². The van der Waals surface area contributed by atoms with Gasteiger partial charge in [0.1, 0.15) is 0 Å². The van der Waals surface area contributed by atoms with E-state index in [4.69, 9.17) is 5.73 Å². The summed E-state index contributed by atoms with van der Waals surface area (Å²) in [6, 6.07) is 0. The molecular formula is C3H5N3S2. The summed E-state index contributed by atoms with van der Waals surface area (Å²) in [5.74, 6) is 0. The first-order valence-corrected chi connectivity index (χ1v) is 4.13. The lowest BCUT2D eigenvalue weighted by Crippen LogP contribution is -1.97. The fourth-order valence-corrected chi connectivity index (χ4v) is 1.78. The van der Waals surface area contributed by atoms with E-state index in [9.17, 15) is 0 Å². The number of nitrogens with zero attached hydrogens (tertiary/aromatic N) is 2. The lowest BCUT2D eigenvalue weighted by molar-refractivity contribution is 1.20. The average molecular weight is 147 g/mol. The third kappa shape index (κ3) is 1.05. The number of rotatable bonds is 0. The zero-order chi connectivity index (χ0) is 5.98. The Balaban J connectivity index is 3.20. The van der Waals surface area contributed by atoms with E-state index < -0.39 is 0 Å². The molecule has 0 atom stereocenters. The predicted molar refractivity (Wildman–Crippen MR) is 35.9 cm³/mol. The highest BCUT2D eigenvalue weighted by atomic mass is 32.9. The van der Waals surface area contributed by atoms with Gasteiger partial charge in [0.2, 0.25) is 4.80 Å². The van der Waals surface area contributed by atoms with Crippen molar-refractivity contribution < 1.29 is 0 Å². The van der Waals surface area contributed by atoms with Crippen LogP contribution in [0.15, 0.2) is 4.99 Å². The molecule has 0 aliphatic rings. The summed E-state index contributed by atoms with van der Waals surface area (Å²) in [5, 5.41) is 0.593. The normalized spacial score (nSPS) is 12.4. The quantitative estimate of drug-likeness (QED) is 0.537. The summed E-state index contributed by atoms with van der Waals surface area (Å²) in [7, 11) is 4.63. The summed E-state index contributed by atoms with van der Waals surface area (Å²) in [6.45, 7) is 0. The molecule has 0 aliphatic heterocycles.